The number of epoxide rings is 1. The van der Waals surface area contributed by atoms with Gasteiger partial charge >= 0.3 is 5.97 Å². The first-order valence-electron chi connectivity index (χ1n) is 5.82. The van der Waals surface area contributed by atoms with Crippen molar-refractivity contribution in [1.29, 1.82) is 0 Å². The molecule has 1 aliphatic heterocycles. The summed E-state index contributed by atoms with van der Waals surface area (Å²) in [4.78, 5) is 10.9. The van der Waals surface area contributed by atoms with Crippen molar-refractivity contribution in [2.45, 2.75) is 51.4 Å². The molecular weight excluding hydrogens is 208 g/mol. The average molecular weight is 228 g/mol. The van der Waals surface area contributed by atoms with E-state index in [4.69, 9.17) is 9.47 Å². The fourth-order valence-corrected chi connectivity index (χ4v) is 1.62. The van der Waals surface area contributed by atoms with Gasteiger partial charge in [0.05, 0.1) is 18.8 Å². The van der Waals surface area contributed by atoms with Crippen LogP contribution in [-0.4, -0.2) is 36.0 Å². The van der Waals surface area contributed by atoms with E-state index in [-0.39, 0.29) is 24.3 Å². The first kappa shape index (κ1) is 13.2. The smallest absolute Gasteiger partial charge is 0.330 e. The Labute approximate surface area is 96.2 Å². The van der Waals surface area contributed by atoms with Crippen LogP contribution in [-0.2, 0) is 14.3 Å². The van der Waals surface area contributed by atoms with Gasteiger partial charge in [-0.1, -0.05) is 6.08 Å². The standard InChI is InChI=1S/C12H20O4/c1-3-15-11(14)8-6-4-5-7-10-12(16-10)9(2)13/h6,8-10,12-13H,3-5,7H2,1-2H3/b8-6+/t9-,10-,12-/m0/s1. The van der Waals surface area contributed by atoms with Crippen molar-refractivity contribution in [3.8, 4) is 0 Å². The fourth-order valence-electron chi connectivity index (χ4n) is 1.62. The highest BCUT2D eigenvalue weighted by atomic mass is 16.6. The highest BCUT2D eigenvalue weighted by molar-refractivity contribution is 5.81. The first-order valence-corrected chi connectivity index (χ1v) is 5.82. The van der Waals surface area contributed by atoms with Crippen LogP contribution in [0.4, 0.5) is 0 Å². The van der Waals surface area contributed by atoms with Crippen LogP contribution < -0.4 is 0 Å². The molecule has 0 saturated carbocycles. The molecule has 1 saturated heterocycles. The number of carbonyl (C=O) groups excluding carboxylic acids is 1. The molecule has 1 rings (SSSR count). The molecule has 3 atom stereocenters. The lowest BCUT2D eigenvalue weighted by atomic mass is 10.1. The summed E-state index contributed by atoms with van der Waals surface area (Å²) >= 11 is 0. The van der Waals surface area contributed by atoms with Crippen LogP contribution >= 0.6 is 0 Å². The Morgan fingerprint density at radius 2 is 2.38 bits per heavy atom. The van der Waals surface area contributed by atoms with Crippen LogP contribution in [0.25, 0.3) is 0 Å². The summed E-state index contributed by atoms with van der Waals surface area (Å²) in [6.45, 7) is 3.94. The quantitative estimate of drug-likeness (QED) is 0.310. The zero-order valence-corrected chi connectivity index (χ0v) is 9.89. The molecule has 16 heavy (non-hydrogen) atoms. The Morgan fingerprint density at radius 3 is 2.94 bits per heavy atom. The Balaban J connectivity index is 1.99. The number of hydrogen-bond acceptors (Lipinski definition) is 4. The van der Waals surface area contributed by atoms with Crippen molar-refractivity contribution in [2.24, 2.45) is 0 Å². The predicted octanol–water partition coefficient (Wildman–Crippen LogP) is 1.42. The minimum atomic E-state index is -0.375. The minimum absolute atomic E-state index is 0.0223. The van der Waals surface area contributed by atoms with E-state index in [1.54, 1.807) is 13.8 Å². The second kappa shape index (κ2) is 6.66. The van der Waals surface area contributed by atoms with Gasteiger partial charge in [-0.25, -0.2) is 4.79 Å². The number of rotatable bonds is 7. The van der Waals surface area contributed by atoms with E-state index in [1.807, 2.05) is 6.08 Å². The van der Waals surface area contributed by atoms with Gasteiger partial charge in [-0.15, -0.1) is 0 Å². The van der Waals surface area contributed by atoms with Gasteiger partial charge < -0.3 is 14.6 Å². The SMILES string of the molecule is CCOC(=O)/C=C/CCC[C@@H]1O[C@H]1[C@H](C)O. The summed E-state index contributed by atoms with van der Waals surface area (Å²) in [5.74, 6) is -0.285. The monoisotopic (exact) mass is 228 g/mol. The zero-order valence-electron chi connectivity index (χ0n) is 9.89. The summed E-state index contributed by atoms with van der Waals surface area (Å²) in [7, 11) is 0. The molecule has 1 N–H and O–H groups in total. The van der Waals surface area contributed by atoms with Crippen molar-refractivity contribution in [2.75, 3.05) is 6.61 Å². The minimum Gasteiger partial charge on any atom is -0.463 e. The molecule has 0 aromatic rings. The van der Waals surface area contributed by atoms with Crippen LogP contribution in [0.5, 0.6) is 0 Å². The number of carbonyl (C=O) groups is 1. The Hall–Kier alpha value is -0.870. The molecule has 0 aromatic carbocycles. The molecule has 4 heteroatoms. The third kappa shape index (κ3) is 4.77. The normalized spacial score (nSPS) is 25.7. The van der Waals surface area contributed by atoms with Gasteiger partial charge in [-0.2, -0.15) is 0 Å². The molecule has 0 bridgehead atoms. The second-order valence-electron chi connectivity index (χ2n) is 3.97. The lowest BCUT2D eigenvalue weighted by Crippen LogP contribution is -2.11. The van der Waals surface area contributed by atoms with E-state index in [0.717, 1.165) is 19.3 Å². The van der Waals surface area contributed by atoms with Gasteiger partial charge in [0.15, 0.2) is 0 Å². The number of unbranched alkanes of at least 4 members (excludes halogenated alkanes) is 1. The van der Waals surface area contributed by atoms with E-state index in [0.29, 0.717) is 6.61 Å². The summed E-state index contributed by atoms with van der Waals surface area (Å²) in [5, 5.41) is 9.20. The molecule has 0 spiro atoms. The molecule has 1 heterocycles. The lowest BCUT2D eigenvalue weighted by molar-refractivity contribution is -0.137. The molecule has 1 aliphatic rings. The van der Waals surface area contributed by atoms with Gasteiger partial charge in [0.1, 0.15) is 6.10 Å². The highest BCUT2D eigenvalue weighted by Crippen LogP contribution is 2.29. The van der Waals surface area contributed by atoms with Crippen LogP contribution in [0.15, 0.2) is 12.2 Å². The zero-order chi connectivity index (χ0) is 12.0. The molecule has 0 aliphatic carbocycles. The maximum atomic E-state index is 10.9. The van der Waals surface area contributed by atoms with Crippen LogP contribution in [0.3, 0.4) is 0 Å². The van der Waals surface area contributed by atoms with Crippen molar-refractivity contribution < 1.29 is 19.4 Å². The van der Waals surface area contributed by atoms with Crippen LogP contribution in [0, 0.1) is 0 Å². The largest absolute Gasteiger partial charge is 0.463 e. The summed E-state index contributed by atoms with van der Waals surface area (Å²) in [6.07, 6.45) is 5.86. The molecular formula is C12H20O4. The molecule has 0 amide bonds. The second-order valence-corrected chi connectivity index (χ2v) is 3.97. The summed E-state index contributed by atoms with van der Waals surface area (Å²) < 4.78 is 10.0. The molecule has 1 fully saturated rings. The van der Waals surface area contributed by atoms with E-state index < -0.39 is 0 Å². The van der Waals surface area contributed by atoms with Crippen molar-refractivity contribution in [3.63, 3.8) is 0 Å². The highest BCUT2D eigenvalue weighted by Gasteiger charge is 2.41. The first-order chi connectivity index (χ1) is 7.65. The number of esters is 1. The number of aliphatic hydroxyl groups is 1. The predicted molar refractivity (Wildman–Crippen MR) is 60.0 cm³/mol. The van der Waals surface area contributed by atoms with E-state index in [1.165, 1.54) is 6.08 Å². The van der Waals surface area contributed by atoms with Crippen molar-refractivity contribution in [1.82, 2.24) is 0 Å². The van der Waals surface area contributed by atoms with Crippen LogP contribution in [0.1, 0.15) is 33.1 Å². The maximum absolute atomic E-state index is 10.9. The number of aliphatic hydroxyl groups excluding tert-OH is 1. The van der Waals surface area contributed by atoms with Gasteiger partial charge in [-0.05, 0) is 33.1 Å². The molecule has 0 unspecified atom stereocenters. The van der Waals surface area contributed by atoms with Gasteiger partial charge in [0.25, 0.3) is 0 Å². The Kier molecular flexibility index (Phi) is 5.49. The fraction of sp³-hybridized carbons (Fsp3) is 0.750. The van der Waals surface area contributed by atoms with Gasteiger partial charge in [0.2, 0.25) is 0 Å². The third-order valence-corrected chi connectivity index (χ3v) is 2.50. The Bertz CT molecular complexity index is 247. The topological polar surface area (TPSA) is 59.1 Å². The van der Waals surface area contributed by atoms with Crippen molar-refractivity contribution >= 4 is 5.97 Å². The average Bonchev–Trinajstić information content (AvgIpc) is 2.97. The molecule has 92 valence electrons. The number of ether oxygens (including phenoxy) is 2. The molecule has 0 aromatic heterocycles. The maximum Gasteiger partial charge on any atom is 0.330 e. The van der Waals surface area contributed by atoms with E-state index >= 15 is 0 Å². The molecule has 0 radical (unpaired) electrons. The summed E-state index contributed by atoms with van der Waals surface area (Å²) in [6, 6.07) is 0. The van der Waals surface area contributed by atoms with Gasteiger partial charge in [-0.3, -0.25) is 0 Å². The Morgan fingerprint density at radius 1 is 1.62 bits per heavy atom. The van der Waals surface area contributed by atoms with E-state index in [2.05, 4.69) is 0 Å². The lowest BCUT2D eigenvalue weighted by Gasteiger charge is -1.97. The van der Waals surface area contributed by atoms with Crippen molar-refractivity contribution in [3.05, 3.63) is 12.2 Å². The summed E-state index contributed by atoms with van der Waals surface area (Å²) in [5.41, 5.74) is 0. The third-order valence-electron chi connectivity index (χ3n) is 2.50. The number of allylic oxidation sites excluding steroid dienone is 1. The molecule has 4 nitrogen and oxygen atoms in total. The van der Waals surface area contributed by atoms with Crippen LogP contribution in [0.2, 0.25) is 0 Å². The van der Waals surface area contributed by atoms with Gasteiger partial charge in [0, 0.05) is 6.08 Å². The number of hydrogen-bond donors (Lipinski definition) is 1. The van der Waals surface area contributed by atoms with E-state index in [9.17, 15) is 9.90 Å².